The first kappa shape index (κ1) is 20.8. The van der Waals surface area contributed by atoms with Crippen molar-refractivity contribution in [1.82, 2.24) is 4.90 Å². The molecule has 29 heavy (non-hydrogen) atoms. The third kappa shape index (κ3) is 3.96. The van der Waals surface area contributed by atoms with Gasteiger partial charge in [-0.3, -0.25) is 9.69 Å². The summed E-state index contributed by atoms with van der Waals surface area (Å²) < 4.78 is 22.1. The van der Waals surface area contributed by atoms with Crippen LogP contribution in [-0.2, 0) is 4.79 Å². The Hall–Kier alpha value is -2.93. The number of methoxy groups -OCH3 is 4. The van der Waals surface area contributed by atoms with Gasteiger partial charge in [0.05, 0.1) is 34.5 Å². The zero-order chi connectivity index (χ0) is 21.0. The van der Waals surface area contributed by atoms with Crippen LogP contribution in [-0.4, -0.2) is 57.0 Å². The fraction of sp³-hybridized carbons (Fsp3) is 0.409. The summed E-state index contributed by atoms with van der Waals surface area (Å²) in [4.78, 5) is 13.9. The lowest BCUT2D eigenvalue weighted by Gasteiger charge is -2.33. The molecule has 0 bridgehead atoms. The van der Waals surface area contributed by atoms with Crippen molar-refractivity contribution in [2.24, 2.45) is 0 Å². The first-order valence-electron chi connectivity index (χ1n) is 9.47. The van der Waals surface area contributed by atoms with Gasteiger partial charge in [0.2, 0.25) is 5.75 Å². The van der Waals surface area contributed by atoms with E-state index in [-0.39, 0.29) is 6.04 Å². The van der Waals surface area contributed by atoms with Gasteiger partial charge in [0.25, 0.3) is 0 Å². The number of carboxylic acid groups (broad SMARTS) is 1. The van der Waals surface area contributed by atoms with Crippen LogP contribution in [0, 0.1) is 0 Å². The van der Waals surface area contributed by atoms with E-state index in [1.807, 2.05) is 41.3 Å². The Labute approximate surface area is 170 Å². The van der Waals surface area contributed by atoms with E-state index in [0.29, 0.717) is 36.0 Å². The first-order valence-corrected chi connectivity index (χ1v) is 9.47. The molecule has 3 rings (SSSR count). The van der Waals surface area contributed by atoms with Crippen LogP contribution in [0.3, 0.4) is 0 Å². The van der Waals surface area contributed by atoms with E-state index in [0.717, 1.165) is 17.5 Å². The first-order chi connectivity index (χ1) is 14.0. The number of carboxylic acids is 1. The lowest BCUT2D eigenvalue weighted by atomic mass is 9.94. The third-order valence-electron chi connectivity index (χ3n) is 5.35. The minimum Gasteiger partial charge on any atom is -0.496 e. The molecule has 0 radical (unpaired) electrons. The number of ether oxygens (including phenoxy) is 4. The molecule has 0 aliphatic carbocycles. The van der Waals surface area contributed by atoms with Gasteiger partial charge in [0.1, 0.15) is 11.8 Å². The molecule has 7 heteroatoms. The monoisotopic (exact) mass is 401 g/mol. The van der Waals surface area contributed by atoms with Crippen molar-refractivity contribution >= 4 is 5.97 Å². The number of hydrogen-bond acceptors (Lipinski definition) is 6. The van der Waals surface area contributed by atoms with E-state index in [2.05, 4.69) is 0 Å². The van der Waals surface area contributed by atoms with Gasteiger partial charge in [-0.15, -0.1) is 0 Å². The Bertz CT molecular complexity index is 843. The molecule has 1 N–H and O–H groups in total. The molecular weight excluding hydrogens is 374 g/mol. The van der Waals surface area contributed by atoms with Crippen molar-refractivity contribution in [1.29, 1.82) is 0 Å². The second-order valence-electron chi connectivity index (χ2n) is 6.84. The van der Waals surface area contributed by atoms with Gasteiger partial charge < -0.3 is 24.1 Å². The molecule has 1 aliphatic rings. The van der Waals surface area contributed by atoms with E-state index < -0.39 is 12.0 Å². The van der Waals surface area contributed by atoms with E-state index >= 15 is 0 Å². The van der Waals surface area contributed by atoms with Crippen molar-refractivity contribution in [2.45, 2.75) is 24.9 Å². The summed E-state index contributed by atoms with van der Waals surface area (Å²) in [5, 5.41) is 9.79. The summed E-state index contributed by atoms with van der Waals surface area (Å²) in [6.45, 7) is 0.663. The van der Waals surface area contributed by atoms with E-state index in [1.54, 1.807) is 28.4 Å². The number of benzene rings is 2. The number of para-hydroxylation sites is 1. The Morgan fingerprint density at radius 1 is 1.00 bits per heavy atom. The molecule has 1 saturated heterocycles. The van der Waals surface area contributed by atoms with Gasteiger partial charge in [0, 0.05) is 12.1 Å². The Balaban J connectivity index is 2.22. The standard InChI is InChI=1S/C22H27NO6/c1-26-17-10-6-5-8-15(17)20(23-11-7-9-16(23)22(24)25)14-12-18(27-2)21(29-4)19(13-14)28-3/h5-6,8,10,12-13,16,20H,7,9,11H2,1-4H3,(H,24,25). The van der Waals surface area contributed by atoms with Crippen LogP contribution in [0.25, 0.3) is 0 Å². The Kier molecular flexibility index (Phi) is 6.49. The van der Waals surface area contributed by atoms with Crippen LogP contribution in [0.4, 0.5) is 0 Å². The van der Waals surface area contributed by atoms with Gasteiger partial charge in [-0.2, -0.15) is 0 Å². The molecule has 1 fully saturated rings. The van der Waals surface area contributed by atoms with Crippen LogP contribution in [0.5, 0.6) is 23.0 Å². The highest BCUT2D eigenvalue weighted by Gasteiger charge is 2.38. The van der Waals surface area contributed by atoms with Crippen LogP contribution in [0.2, 0.25) is 0 Å². The largest absolute Gasteiger partial charge is 0.496 e. The van der Waals surface area contributed by atoms with Gasteiger partial charge in [-0.25, -0.2) is 0 Å². The molecule has 156 valence electrons. The third-order valence-corrected chi connectivity index (χ3v) is 5.35. The predicted molar refractivity (Wildman–Crippen MR) is 108 cm³/mol. The maximum absolute atomic E-state index is 11.9. The number of carbonyl (C=O) groups is 1. The van der Waals surface area contributed by atoms with Gasteiger partial charge in [-0.1, -0.05) is 18.2 Å². The number of likely N-dealkylation sites (tertiary alicyclic amines) is 1. The molecule has 1 heterocycles. The molecule has 2 unspecified atom stereocenters. The molecule has 2 aromatic carbocycles. The maximum atomic E-state index is 11.9. The predicted octanol–water partition coefficient (Wildman–Crippen LogP) is 3.36. The summed E-state index contributed by atoms with van der Waals surface area (Å²) >= 11 is 0. The number of nitrogens with zero attached hydrogens (tertiary/aromatic N) is 1. The number of rotatable bonds is 8. The van der Waals surface area contributed by atoms with Crippen molar-refractivity contribution in [2.75, 3.05) is 35.0 Å². The Morgan fingerprint density at radius 2 is 1.62 bits per heavy atom. The number of hydrogen-bond donors (Lipinski definition) is 1. The van der Waals surface area contributed by atoms with Crippen LogP contribution in [0.1, 0.15) is 30.0 Å². The highest BCUT2D eigenvalue weighted by atomic mass is 16.5. The van der Waals surface area contributed by atoms with Crippen LogP contribution >= 0.6 is 0 Å². The molecule has 0 saturated carbocycles. The molecule has 0 amide bonds. The minimum atomic E-state index is -0.824. The summed E-state index contributed by atoms with van der Waals surface area (Å²) in [6.07, 6.45) is 1.42. The van der Waals surface area contributed by atoms with Crippen molar-refractivity contribution in [3.05, 3.63) is 47.5 Å². The normalized spacial score (nSPS) is 17.6. The van der Waals surface area contributed by atoms with Gasteiger partial charge in [0.15, 0.2) is 11.5 Å². The SMILES string of the molecule is COc1ccccc1C(c1cc(OC)c(OC)c(OC)c1)N1CCCC1C(=O)O. The summed E-state index contributed by atoms with van der Waals surface area (Å²) in [5.74, 6) is 1.41. The Morgan fingerprint density at radius 3 is 2.17 bits per heavy atom. The molecule has 0 aromatic heterocycles. The second kappa shape index (κ2) is 9.05. The zero-order valence-electron chi connectivity index (χ0n) is 17.2. The minimum absolute atomic E-state index is 0.344. The van der Waals surface area contributed by atoms with E-state index in [4.69, 9.17) is 18.9 Å². The van der Waals surface area contributed by atoms with Crippen molar-refractivity contribution < 1.29 is 28.8 Å². The summed E-state index contributed by atoms with van der Waals surface area (Å²) in [6, 6.07) is 10.5. The van der Waals surface area contributed by atoms with Crippen molar-refractivity contribution in [3.63, 3.8) is 0 Å². The van der Waals surface area contributed by atoms with Gasteiger partial charge >= 0.3 is 5.97 Å². The van der Waals surface area contributed by atoms with E-state index in [9.17, 15) is 9.90 Å². The lowest BCUT2D eigenvalue weighted by Crippen LogP contribution is -2.39. The fourth-order valence-electron chi connectivity index (χ4n) is 4.06. The highest BCUT2D eigenvalue weighted by molar-refractivity contribution is 5.74. The molecule has 2 aromatic rings. The van der Waals surface area contributed by atoms with E-state index in [1.165, 1.54) is 0 Å². The topological polar surface area (TPSA) is 77.5 Å². The summed E-state index contributed by atoms with van der Waals surface area (Å²) in [5.41, 5.74) is 1.73. The van der Waals surface area contributed by atoms with Crippen molar-refractivity contribution in [3.8, 4) is 23.0 Å². The average molecular weight is 401 g/mol. The fourth-order valence-corrected chi connectivity index (χ4v) is 4.06. The average Bonchev–Trinajstić information content (AvgIpc) is 3.23. The molecule has 7 nitrogen and oxygen atoms in total. The second-order valence-corrected chi connectivity index (χ2v) is 6.84. The molecule has 0 spiro atoms. The molecular formula is C22H27NO6. The number of aliphatic carboxylic acids is 1. The smallest absolute Gasteiger partial charge is 0.320 e. The maximum Gasteiger partial charge on any atom is 0.320 e. The summed E-state index contributed by atoms with van der Waals surface area (Å²) in [7, 11) is 6.30. The lowest BCUT2D eigenvalue weighted by molar-refractivity contribution is -0.142. The molecule has 2 atom stereocenters. The highest BCUT2D eigenvalue weighted by Crippen LogP contribution is 2.45. The van der Waals surface area contributed by atoms with Crippen LogP contribution in [0.15, 0.2) is 36.4 Å². The van der Waals surface area contributed by atoms with Gasteiger partial charge in [-0.05, 0) is 36.6 Å². The molecule has 1 aliphatic heterocycles. The zero-order valence-corrected chi connectivity index (χ0v) is 17.2. The quantitative estimate of drug-likeness (QED) is 0.727. The van der Waals surface area contributed by atoms with Crippen LogP contribution < -0.4 is 18.9 Å².